The Labute approximate surface area is 203 Å². The summed E-state index contributed by atoms with van der Waals surface area (Å²) in [6.07, 6.45) is 11.8. The molecule has 0 rings (SSSR count). The molecule has 0 aromatic heterocycles. The molecule has 0 saturated carbocycles. The van der Waals surface area contributed by atoms with E-state index in [9.17, 15) is 9.59 Å². The number of nitrogens with one attached hydrogen (secondary N) is 1. The number of amides is 2. The Hall–Kier alpha value is -1.44. The molecule has 0 spiro atoms. The molecule has 2 amide bonds. The van der Waals surface area contributed by atoms with Crippen molar-refractivity contribution in [3.63, 3.8) is 0 Å². The van der Waals surface area contributed by atoms with Crippen molar-refractivity contribution in [2.75, 3.05) is 32.7 Å². The first-order chi connectivity index (χ1) is 15.5. The molecule has 33 heavy (non-hydrogen) atoms. The molecule has 0 saturated heterocycles. The van der Waals surface area contributed by atoms with Crippen molar-refractivity contribution in [3.05, 3.63) is 12.2 Å². The molecule has 0 heterocycles. The first kappa shape index (κ1) is 31.6. The average Bonchev–Trinajstić information content (AvgIpc) is 2.72. The summed E-state index contributed by atoms with van der Waals surface area (Å²) >= 11 is 0. The molecular formula is C26H53N5O2. The Bertz CT molecular complexity index is 575. The van der Waals surface area contributed by atoms with Crippen LogP contribution in [0.15, 0.2) is 12.2 Å². The second-order valence-corrected chi connectivity index (χ2v) is 10.7. The van der Waals surface area contributed by atoms with Crippen LogP contribution in [0.2, 0.25) is 0 Å². The van der Waals surface area contributed by atoms with E-state index >= 15 is 0 Å². The number of rotatable bonds is 19. The third kappa shape index (κ3) is 15.9. The molecule has 0 radical (unpaired) electrons. The molecule has 0 aliphatic heterocycles. The molecule has 7 N–H and O–H groups in total. The third-order valence-corrected chi connectivity index (χ3v) is 5.79. The van der Waals surface area contributed by atoms with Gasteiger partial charge < -0.3 is 27.4 Å². The summed E-state index contributed by atoms with van der Waals surface area (Å²) in [5, 5.41) is 3.05. The van der Waals surface area contributed by atoms with E-state index in [1.165, 1.54) is 0 Å². The van der Waals surface area contributed by atoms with Gasteiger partial charge in [0.1, 0.15) is 0 Å². The third-order valence-electron chi connectivity index (χ3n) is 5.79. The van der Waals surface area contributed by atoms with Crippen LogP contribution in [0, 0.1) is 10.8 Å². The fourth-order valence-electron chi connectivity index (χ4n) is 4.43. The fraction of sp³-hybridized carbons (Fsp3) is 0.846. The lowest BCUT2D eigenvalue weighted by atomic mass is 9.73. The topological polar surface area (TPSA) is 127 Å². The van der Waals surface area contributed by atoms with Gasteiger partial charge in [-0.1, -0.05) is 53.2 Å². The molecule has 1 atom stereocenters. The highest BCUT2D eigenvalue weighted by Gasteiger charge is 2.29. The number of hydrogen-bond acceptors (Lipinski definition) is 5. The number of unbranched alkanes of at least 4 members (excludes halogenated alkanes) is 2. The van der Waals surface area contributed by atoms with Gasteiger partial charge in [0.2, 0.25) is 11.8 Å². The quantitative estimate of drug-likeness (QED) is 0.171. The van der Waals surface area contributed by atoms with E-state index < -0.39 is 6.04 Å². The molecular weight excluding hydrogens is 414 g/mol. The number of allylic oxidation sites excluding steroid dienone is 2. The molecule has 194 valence electrons. The minimum absolute atomic E-state index is 0.00834. The van der Waals surface area contributed by atoms with Crippen LogP contribution >= 0.6 is 0 Å². The predicted molar refractivity (Wildman–Crippen MR) is 140 cm³/mol. The fourth-order valence-corrected chi connectivity index (χ4v) is 4.43. The van der Waals surface area contributed by atoms with E-state index in [0.29, 0.717) is 45.6 Å². The van der Waals surface area contributed by atoms with Gasteiger partial charge in [-0.15, -0.1) is 0 Å². The van der Waals surface area contributed by atoms with Crippen LogP contribution in [-0.4, -0.2) is 55.5 Å². The lowest BCUT2D eigenvalue weighted by Gasteiger charge is -2.32. The van der Waals surface area contributed by atoms with Gasteiger partial charge in [0.25, 0.3) is 0 Å². The van der Waals surface area contributed by atoms with Gasteiger partial charge in [0.05, 0.1) is 6.04 Å². The standard InChI is InChI=1S/C26H53N5O2/c1-6-7-14-25(2,3)21-26(4,5)20-23(32)30-17-10-11-18-31(19-12-16-28)24(33)22(29)13-8-9-15-27/h7,14,22H,6,8-13,15-21,27-29H2,1-5H3,(H,30,32)/b14-7-. The first-order valence-corrected chi connectivity index (χ1v) is 12.9. The monoisotopic (exact) mass is 467 g/mol. The minimum Gasteiger partial charge on any atom is -0.356 e. The van der Waals surface area contributed by atoms with E-state index in [4.69, 9.17) is 17.2 Å². The van der Waals surface area contributed by atoms with E-state index in [1.807, 2.05) is 4.90 Å². The Balaban J connectivity index is 4.43. The normalized spacial score (nSPS) is 13.3. The second kappa shape index (κ2) is 17.1. The maximum atomic E-state index is 12.7. The number of hydrogen-bond donors (Lipinski definition) is 4. The van der Waals surface area contributed by atoms with Gasteiger partial charge in [0.15, 0.2) is 0 Å². The molecule has 0 aromatic carbocycles. The van der Waals surface area contributed by atoms with Gasteiger partial charge in [-0.05, 0) is 68.9 Å². The van der Waals surface area contributed by atoms with Crippen molar-refractivity contribution >= 4 is 11.8 Å². The van der Waals surface area contributed by atoms with Crippen molar-refractivity contribution in [1.82, 2.24) is 10.2 Å². The zero-order valence-electron chi connectivity index (χ0n) is 22.1. The Kier molecular flexibility index (Phi) is 16.3. The largest absolute Gasteiger partial charge is 0.356 e. The van der Waals surface area contributed by atoms with Crippen LogP contribution in [0.25, 0.3) is 0 Å². The lowest BCUT2D eigenvalue weighted by molar-refractivity contribution is -0.133. The van der Waals surface area contributed by atoms with Crippen LogP contribution < -0.4 is 22.5 Å². The molecule has 0 aliphatic rings. The van der Waals surface area contributed by atoms with E-state index in [1.54, 1.807) is 0 Å². The van der Waals surface area contributed by atoms with Crippen LogP contribution in [0.5, 0.6) is 0 Å². The van der Waals surface area contributed by atoms with Crippen molar-refractivity contribution in [2.45, 2.75) is 98.4 Å². The molecule has 7 heteroatoms. The average molecular weight is 468 g/mol. The lowest BCUT2D eigenvalue weighted by Crippen LogP contribution is -2.45. The number of carbonyl (C=O) groups is 2. The number of nitrogens with zero attached hydrogens (tertiary/aromatic N) is 1. The highest BCUT2D eigenvalue weighted by molar-refractivity contribution is 5.81. The summed E-state index contributed by atoms with van der Waals surface area (Å²) in [6, 6.07) is -0.479. The van der Waals surface area contributed by atoms with Crippen LogP contribution in [0.4, 0.5) is 0 Å². The summed E-state index contributed by atoms with van der Waals surface area (Å²) < 4.78 is 0. The molecule has 0 bridgehead atoms. The van der Waals surface area contributed by atoms with Crippen LogP contribution in [0.1, 0.15) is 92.4 Å². The summed E-state index contributed by atoms with van der Waals surface area (Å²) in [6.45, 7) is 14.0. The van der Waals surface area contributed by atoms with Gasteiger partial charge >= 0.3 is 0 Å². The van der Waals surface area contributed by atoms with Gasteiger partial charge in [0, 0.05) is 26.1 Å². The molecule has 7 nitrogen and oxygen atoms in total. The van der Waals surface area contributed by atoms with Crippen LogP contribution in [0.3, 0.4) is 0 Å². The zero-order chi connectivity index (χ0) is 25.3. The van der Waals surface area contributed by atoms with Gasteiger partial charge in [-0.3, -0.25) is 9.59 Å². The molecule has 0 fully saturated rings. The summed E-state index contributed by atoms with van der Waals surface area (Å²) in [4.78, 5) is 27.0. The highest BCUT2D eigenvalue weighted by Crippen LogP contribution is 2.37. The van der Waals surface area contributed by atoms with Crippen molar-refractivity contribution in [2.24, 2.45) is 28.0 Å². The summed E-state index contributed by atoms with van der Waals surface area (Å²) in [7, 11) is 0. The second-order valence-electron chi connectivity index (χ2n) is 10.7. The highest BCUT2D eigenvalue weighted by atomic mass is 16.2. The number of nitrogens with two attached hydrogens (primary N) is 3. The molecule has 1 unspecified atom stereocenters. The van der Waals surface area contributed by atoms with Gasteiger partial charge in [-0.25, -0.2) is 0 Å². The van der Waals surface area contributed by atoms with Crippen molar-refractivity contribution in [3.8, 4) is 0 Å². The minimum atomic E-state index is -0.479. The SMILES string of the molecule is CC/C=C\C(C)(C)CC(C)(C)CC(=O)NCCCCN(CCCN)C(=O)C(N)CCCCN. The van der Waals surface area contributed by atoms with E-state index in [0.717, 1.165) is 44.9 Å². The molecule has 0 aliphatic carbocycles. The van der Waals surface area contributed by atoms with Crippen LogP contribution in [-0.2, 0) is 9.59 Å². The zero-order valence-corrected chi connectivity index (χ0v) is 22.1. The summed E-state index contributed by atoms with van der Waals surface area (Å²) in [5.41, 5.74) is 17.3. The Morgan fingerprint density at radius 1 is 0.970 bits per heavy atom. The smallest absolute Gasteiger partial charge is 0.239 e. The molecule has 0 aromatic rings. The van der Waals surface area contributed by atoms with Crippen molar-refractivity contribution < 1.29 is 9.59 Å². The predicted octanol–water partition coefficient (Wildman–Crippen LogP) is 3.32. The maximum Gasteiger partial charge on any atom is 0.239 e. The van der Waals surface area contributed by atoms with E-state index in [-0.39, 0.29) is 22.6 Å². The number of carbonyl (C=O) groups excluding carboxylic acids is 2. The Morgan fingerprint density at radius 3 is 2.21 bits per heavy atom. The van der Waals surface area contributed by atoms with E-state index in [2.05, 4.69) is 52.1 Å². The summed E-state index contributed by atoms with van der Waals surface area (Å²) in [5.74, 6) is 0.0826. The van der Waals surface area contributed by atoms with Gasteiger partial charge in [-0.2, -0.15) is 0 Å². The maximum absolute atomic E-state index is 12.7. The first-order valence-electron chi connectivity index (χ1n) is 12.9. The van der Waals surface area contributed by atoms with Crippen molar-refractivity contribution in [1.29, 1.82) is 0 Å². The Morgan fingerprint density at radius 2 is 1.61 bits per heavy atom.